The Bertz CT molecular complexity index is 430. The molecule has 19 heavy (non-hydrogen) atoms. The molecule has 1 amide bonds. The van der Waals surface area contributed by atoms with Crippen LogP contribution in [0, 0.1) is 3.57 Å². The molecule has 1 aliphatic rings. The van der Waals surface area contributed by atoms with Crippen molar-refractivity contribution in [1.82, 2.24) is 10.2 Å². The summed E-state index contributed by atoms with van der Waals surface area (Å²) in [6.45, 7) is 4.98. The maximum atomic E-state index is 12.7. The van der Waals surface area contributed by atoms with Gasteiger partial charge in [0.2, 0.25) is 0 Å². The highest BCUT2D eigenvalue weighted by molar-refractivity contribution is 14.1. The molecule has 0 aliphatic carbocycles. The molecule has 1 aromatic rings. The second-order valence-electron chi connectivity index (χ2n) is 4.98. The number of nitrogens with zero attached hydrogens (tertiary/aromatic N) is 1. The van der Waals surface area contributed by atoms with Crippen molar-refractivity contribution in [2.75, 3.05) is 19.6 Å². The highest BCUT2D eigenvalue weighted by Gasteiger charge is 2.26. The van der Waals surface area contributed by atoms with Gasteiger partial charge in [-0.05, 0) is 60.5 Å². The molecule has 0 aromatic heterocycles. The standard InChI is InChI=1S/C15H21IN2O/c1-2-10-18(12-6-5-9-17-11-12)15(19)13-7-3-4-8-14(13)16/h3-4,7-8,12,17H,2,5-6,9-11H2,1H3. The molecule has 1 N–H and O–H groups in total. The number of carbonyl (C=O) groups is 1. The lowest BCUT2D eigenvalue weighted by Gasteiger charge is -2.35. The molecule has 0 saturated carbocycles. The molecule has 1 aromatic carbocycles. The number of benzene rings is 1. The highest BCUT2D eigenvalue weighted by atomic mass is 127. The van der Waals surface area contributed by atoms with Crippen molar-refractivity contribution >= 4 is 28.5 Å². The molecule has 104 valence electrons. The van der Waals surface area contributed by atoms with Gasteiger partial charge in [-0.3, -0.25) is 4.79 Å². The number of piperidine rings is 1. The third-order valence-corrected chi connectivity index (χ3v) is 4.48. The van der Waals surface area contributed by atoms with Crippen LogP contribution in [0.3, 0.4) is 0 Å². The predicted molar refractivity (Wildman–Crippen MR) is 86.4 cm³/mol. The minimum atomic E-state index is 0.181. The lowest BCUT2D eigenvalue weighted by Crippen LogP contribution is -2.49. The van der Waals surface area contributed by atoms with Gasteiger partial charge in [-0.1, -0.05) is 19.1 Å². The fourth-order valence-corrected chi connectivity index (χ4v) is 3.20. The number of hydrogen-bond acceptors (Lipinski definition) is 2. The minimum Gasteiger partial charge on any atom is -0.334 e. The van der Waals surface area contributed by atoms with Crippen LogP contribution < -0.4 is 5.32 Å². The Kier molecular flexibility index (Phi) is 5.63. The first-order valence-corrected chi connectivity index (χ1v) is 8.08. The van der Waals surface area contributed by atoms with Crippen LogP contribution in [-0.4, -0.2) is 36.5 Å². The van der Waals surface area contributed by atoms with Crippen molar-refractivity contribution in [1.29, 1.82) is 0 Å². The molecule has 3 nitrogen and oxygen atoms in total. The molecule has 1 fully saturated rings. The monoisotopic (exact) mass is 372 g/mol. The van der Waals surface area contributed by atoms with Crippen LogP contribution in [0.2, 0.25) is 0 Å². The second kappa shape index (κ2) is 7.24. The lowest BCUT2D eigenvalue weighted by atomic mass is 10.0. The first-order valence-electron chi connectivity index (χ1n) is 7.00. The van der Waals surface area contributed by atoms with Gasteiger partial charge in [0.15, 0.2) is 0 Å². The summed E-state index contributed by atoms with van der Waals surface area (Å²) in [5.41, 5.74) is 0.835. The molecule has 0 spiro atoms. The molecule has 1 saturated heterocycles. The first-order chi connectivity index (χ1) is 9.24. The van der Waals surface area contributed by atoms with E-state index in [4.69, 9.17) is 0 Å². The zero-order chi connectivity index (χ0) is 13.7. The summed E-state index contributed by atoms with van der Waals surface area (Å²) < 4.78 is 1.04. The Morgan fingerprint density at radius 3 is 2.89 bits per heavy atom. The lowest BCUT2D eigenvalue weighted by molar-refractivity contribution is 0.0648. The van der Waals surface area contributed by atoms with E-state index in [-0.39, 0.29) is 5.91 Å². The summed E-state index contributed by atoms with van der Waals surface area (Å²) in [4.78, 5) is 14.8. The topological polar surface area (TPSA) is 32.3 Å². The molecule has 1 atom stereocenters. The van der Waals surface area contributed by atoms with E-state index in [9.17, 15) is 4.79 Å². The molecule has 1 aliphatic heterocycles. The van der Waals surface area contributed by atoms with Crippen molar-refractivity contribution in [2.24, 2.45) is 0 Å². The Labute approximate surface area is 128 Å². The van der Waals surface area contributed by atoms with Crippen LogP contribution in [0.25, 0.3) is 0 Å². The number of hydrogen-bond donors (Lipinski definition) is 1. The van der Waals surface area contributed by atoms with Crippen molar-refractivity contribution in [3.8, 4) is 0 Å². The van der Waals surface area contributed by atoms with Crippen LogP contribution in [0.5, 0.6) is 0 Å². The molecule has 0 radical (unpaired) electrons. The smallest absolute Gasteiger partial charge is 0.255 e. The SMILES string of the molecule is CCCN(C(=O)c1ccccc1I)C1CCCNC1. The van der Waals surface area contributed by atoms with Crippen molar-refractivity contribution in [2.45, 2.75) is 32.2 Å². The highest BCUT2D eigenvalue weighted by Crippen LogP contribution is 2.18. The minimum absolute atomic E-state index is 0.181. The van der Waals surface area contributed by atoms with Crippen LogP contribution in [-0.2, 0) is 0 Å². The van der Waals surface area contributed by atoms with Gasteiger partial charge in [0.05, 0.1) is 5.56 Å². The van der Waals surface area contributed by atoms with Gasteiger partial charge < -0.3 is 10.2 Å². The number of carbonyl (C=O) groups excluding carboxylic acids is 1. The Morgan fingerprint density at radius 2 is 2.26 bits per heavy atom. The van der Waals surface area contributed by atoms with E-state index < -0.39 is 0 Å². The summed E-state index contributed by atoms with van der Waals surface area (Å²) in [5, 5.41) is 3.40. The van der Waals surface area contributed by atoms with Gasteiger partial charge in [-0.25, -0.2) is 0 Å². The quantitative estimate of drug-likeness (QED) is 0.825. The van der Waals surface area contributed by atoms with Gasteiger partial charge in [0.1, 0.15) is 0 Å². The summed E-state index contributed by atoms with van der Waals surface area (Å²) in [7, 11) is 0. The number of halogens is 1. The van der Waals surface area contributed by atoms with Crippen LogP contribution in [0.4, 0.5) is 0 Å². The van der Waals surface area contributed by atoms with Gasteiger partial charge in [-0.15, -0.1) is 0 Å². The zero-order valence-electron chi connectivity index (χ0n) is 11.4. The van der Waals surface area contributed by atoms with Crippen molar-refractivity contribution in [3.05, 3.63) is 33.4 Å². The van der Waals surface area contributed by atoms with Crippen LogP contribution >= 0.6 is 22.6 Å². The third kappa shape index (κ3) is 3.69. The first kappa shape index (κ1) is 14.8. The van der Waals surface area contributed by atoms with Gasteiger partial charge in [-0.2, -0.15) is 0 Å². The predicted octanol–water partition coefficient (Wildman–Crippen LogP) is 2.90. The number of rotatable bonds is 4. The molecular weight excluding hydrogens is 351 g/mol. The summed E-state index contributed by atoms with van der Waals surface area (Å²) in [6.07, 6.45) is 3.28. The zero-order valence-corrected chi connectivity index (χ0v) is 13.5. The average Bonchev–Trinajstić information content (AvgIpc) is 2.45. The molecular formula is C15H21IN2O. The van der Waals surface area contributed by atoms with E-state index >= 15 is 0 Å². The molecule has 4 heteroatoms. The van der Waals surface area contributed by atoms with E-state index in [1.807, 2.05) is 24.3 Å². The second-order valence-corrected chi connectivity index (χ2v) is 6.14. The van der Waals surface area contributed by atoms with Gasteiger partial charge in [0.25, 0.3) is 5.91 Å². The number of amides is 1. The molecule has 2 rings (SSSR count). The third-order valence-electron chi connectivity index (χ3n) is 3.54. The largest absolute Gasteiger partial charge is 0.334 e. The molecule has 1 heterocycles. The summed E-state index contributed by atoms with van der Waals surface area (Å²) >= 11 is 2.25. The van der Waals surface area contributed by atoms with E-state index in [0.717, 1.165) is 48.0 Å². The fraction of sp³-hybridized carbons (Fsp3) is 0.533. The summed E-state index contributed by atoms with van der Waals surface area (Å²) in [6, 6.07) is 8.20. The fourth-order valence-electron chi connectivity index (χ4n) is 2.58. The van der Waals surface area contributed by atoms with E-state index in [1.165, 1.54) is 0 Å². The van der Waals surface area contributed by atoms with E-state index in [0.29, 0.717) is 6.04 Å². The Balaban J connectivity index is 2.18. The average molecular weight is 372 g/mol. The van der Waals surface area contributed by atoms with E-state index in [2.05, 4.69) is 39.7 Å². The molecule has 0 bridgehead atoms. The maximum Gasteiger partial charge on any atom is 0.255 e. The number of nitrogens with one attached hydrogen (secondary N) is 1. The van der Waals surface area contributed by atoms with E-state index in [1.54, 1.807) is 0 Å². The maximum absolute atomic E-state index is 12.7. The normalized spacial score (nSPS) is 19.2. The van der Waals surface area contributed by atoms with Crippen LogP contribution in [0.15, 0.2) is 24.3 Å². The summed E-state index contributed by atoms with van der Waals surface area (Å²) in [5.74, 6) is 0.181. The van der Waals surface area contributed by atoms with Crippen molar-refractivity contribution < 1.29 is 4.79 Å². The van der Waals surface area contributed by atoms with Gasteiger partial charge in [0, 0.05) is 22.7 Å². The Hall–Kier alpha value is -0.620. The van der Waals surface area contributed by atoms with Crippen molar-refractivity contribution in [3.63, 3.8) is 0 Å². The van der Waals surface area contributed by atoms with Gasteiger partial charge >= 0.3 is 0 Å². The Morgan fingerprint density at radius 1 is 1.47 bits per heavy atom. The molecule has 1 unspecified atom stereocenters. The van der Waals surface area contributed by atoms with Crippen LogP contribution in [0.1, 0.15) is 36.5 Å².